The summed E-state index contributed by atoms with van der Waals surface area (Å²) in [5.74, 6) is 0.487. The third kappa shape index (κ3) is 3.29. The molecule has 0 bridgehead atoms. The molecule has 1 aliphatic heterocycles. The number of rotatable bonds is 4. The van der Waals surface area contributed by atoms with E-state index < -0.39 is 0 Å². The van der Waals surface area contributed by atoms with Crippen LogP contribution in [0, 0.1) is 0 Å². The van der Waals surface area contributed by atoms with E-state index in [1.807, 2.05) is 4.90 Å². The number of hydrogen-bond acceptors (Lipinski definition) is 5. The van der Waals surface area contributed by atoms with Crippen LogP contribution in [0.25, 0.3) is 0 Å². The van der Waals surface area contributed by atoms with E-state index in [1.54, 1.807) is 22.3 Å². The molecule has 112 valence electrons. The fourth-order valence-electron chi connectivity index (χ4n) is 2.63. The number of carbonyl (C=O) groups is 1. The molecule has 3 rings (SSSR count). The second-order valence-corrected chi connectivity index (χ2v) is 6.19. The van der Waals surface area contributed by atoms with E-state index >= 15 is 0 Å². The summed E-state index contributed by atoms with van der Waals surface area (Å²) in [5, 5.41) is 7.29. The summed E-state index contributed by atoms with van der Waals surface area (Å²) < 4.78 is 1.57. The number of nitrogens with zero attached hydrogens (tertiary/aromatic N) is 5. The van der Waals surface area contributed by atoms with Gasteiger partial charge >= 0.3 is 0 Å². The van der Waals surface area contributed by atoms with Gasteiger partial charge in [-0.05, 0) is 19.3 Å². The summed E-state index contributed by atoms with van der Waals surface area (Å²) >= 11 is 1.72. The molecule has 0 N–H and O–H groups in total. The number of aryl methyl sites for hydroxylation is 1. The SMILES string of the molecule is CCc1csc([C@H]2CCCN(C(=O)Cn3cncn3)C2)n1. The first-order valence-electron chi connectivity index (χ1n) is 7.30. The lowest BCUT2D eigenvalue weighted by molar-refractivity contribution is -0.133. The van der Waals surface area contributed by atoms with E-state index in [4.69, 9.17) is 0 Å². The molecule has 0 spiro atoms. The Morgan fingerprint density at radius 1 is 1.52 bits per heavy atom. The molecular formula is C14H19N5OS. The van der Waals surface area contributed by atoms with Gasteiger partial charge in [-0.1, -0.05) is 6.92 Å². The fraction of sp³-hybridized carbons (Fsp3) is 0.571. The Balaban J connectivity index is 1.63. The third-order valence-electron chi connectivity index (χ3n) is 3.82. The lowest BCUT2D eigenvalue weighted by atomic mass is 9.98. The molecule has 1 atom stereocenters. The van der Waals surface area contributed by atoms with Gasteiger partial charge in [0.25, 0.3) is 0 Å². The number of aromatic nitrogens is 4. The molecule has 0 unspecified atom stereocenters. The number of thiazole rings is 1. The minimum atomic E-state index is 0.109. The van der Waals surface area contributed by atoms with Crippen LogP contribution in [0.2, 0.25) is 0 Å². The first-order chi connectivity index (χ1) is 10.3. The van der Waals surface area contributed by atoms with Crippen molar-refractivity contribution < 1.29 is 4.79 Å². The third-order valence-corrected chi connectivity index (χ3v) is 4.87. The van der Waals surface area contributed by atoms with Gasteiger partial charge in [-0.25, -0.2) is 14.6 Å². The molecule has 0 aliphatic carbocycles. The summed E-state index contributed by atoms with van der Waals surface area (Å²) in [7, 11) is 0. The van der Waals surface area contributed by atoms with Crippen LogP contribution in [0.15, 0.2) is 18.0 Å². The number of amides is 1. The highest BCUT2D eigenvalue weighted by atomic mass is 32.1. The standard InChI is InChI=1S/C14H19N5OS/c1-2-12-8-21-14(17-12)11-4-3-5-18(6-11)13(20)7-19-10-15-9-16-19/h8-11H,2-7H2,1H3/t11-/m0/s1. The maximum Gasteiger partial charge on any atom is 0.244 e. The van der Waals surface area contributed by atoms with Crippen LogP contribution in [0.3, 0.4) is 0 Å². The van der Waals surface area contributed by atoms with Crippen molar-refractivity contribution >= 4 is 17.2 Å². The van der Waals surface area contributed by atoms with Crippen LogP contribution in [0.5, 0.6) is 0 Å². The monoisotopic (exact) mass is 305 g/mol. The van der Waals surface area contributed by atoms with Crippen molar-refractivity contribution in [1.82, 2.24) is 24.6 Å². The molecule has 2 aromatic heterocycles. The molecule has 0 aromatic carbocycles. The number of hydrogen-bond donors (Lipinski definition) is 0. The van der Waals surface area contributed by atoms with Crippen molar-refractivity contribution in [1.29, 1.82) is 0 Å². The Bertz CT molecular complexity index is 594. The van der Waals surface area contributed by atoms with Crippen LogP contribution < -0.4 is 0 Å². The molecule has 0 saturated carbocycles. The Hall–Kier alpha value is -1.76. The smallest absolute Gasteiger partial charge is 0.244 e. The highest BCUT2D eigenvalue weighted by Gasteiger charge is 2.26. The van der Waals surface area contributed by atoms with Crippen LogP contribution in [-0.2, 0) is 17.8 Å². The topological polar surface area (TPSA) is 63.9 Å². The quantitative estimate of drug-likeness (QED) is 0.862. The van der Waals surface area contributed by atoms with Gasteiger partial charge in [0.15, 0.2) is 0 Å². The van der Waals surface area contributed by atoms with Crippen LogP contribution in [0.4, 0.5) is 0 Å². The average Bonchev–Trinajstić information content (AvgIpc) is 3.18. The largest absolute Gasteiger partial charge is 0.340 e. The van der Waals surface area contributed by atoms with Gasteiger partial charge in [-0.15, -0.1) is 11.3 Å². The molecule has 21 heavy (non-hydrogen) atoms. The number of carbonyl (C=O) groups excluding carboxylic acids is 1. The molecule has 7 heteroatoms. The molecule has 1 fully saturated rings. The highest BCUT2D eigenvalue weighted by molar-refractivity contribution is 7.09. The Morgan fingerprint density at radius 2 is 2.43 bits per heavy atom. The zero-order chi connectivity index (χ0) is 14.7. The van der Waals surface area contributed by atoms with Gasteiger partial charge < -0.3 is 4.90 Å². The first kappa shape index (κ1) is 14.2. The van der Waals surface area contributed by atoms with Gasteiger partial charge in [0.1, 0.15) is 19.2 Å². The fourth-order valence-corrected chi connectivity index (χ4v) is 3.66. The maximum atomic E-state index is 12.3. The van der Waals surface area contributed by atoms with Crippen LogP contribution in [0.1, 0.15) is 36.4 Å². The van der Waals surface area contributed by atoms with Crippen molar-refractivity contribution in [3.63, 3.8) is 0 Å². The molecule has 0 radical (unpaired) electrons. The average molecular weight is 305 g/mol. The molecule has 1 saturated heterocycles. The Morgan fingerprint density at radius 3 is 3.14 bits per heavy atom. The lowest BCUT2D eigenvalue weighted by Crippen LogP contribution is -2.40. The zero-order valence-corrected chi connectivity index (χ0v) is 12.9. The van der Waals surface area contributed by atoms with E-state index in [1.165, 1.54) is 11.3 Å². The van der Waals surface area contributed by atoms with Gasteiger partial charge in [0, 0.05) is 24.4 Å². The lowest BCUT2D eigenvalue weighted by Gasteiger charge is -2.31. The van der Waals surface area contributed by atoms with E-state index in [2.05, 4.69) is 27.4 Å². The normalized spacial score (nSPS) is 18.9. The van der Waals surface area contributed by atoms with Crippen molar-refractivity contribution in [3.05, 3.63) is 28.7 Å². The Kier molecular flexibility index (Phi) is 4.28. The molecule has 1 aliphatic rings. The van der Waals surface area contributed by atoms with Crippen molar-refractivity contribution in [2.24, 2.45) is 0 Å². The molecule has 6 nitrogen and oxygen atoms in total. The molecule has 1 amide bonds. The van der Waals surface area contributed by atoms with Gasteiger partial charge in [0.05, 0.1) is 10.7 Å². The number of piperidine rings is 1. The second-order valence-electron chi connectivity index (χ2n) is 5.30. The predicted molar refractivity (Wildman–Crippen MR) is 80.1 cm³/mol. The van der Waals surface area contributed by atoms with Crippen molar-refractivity contribution in [3.8, 4) is 0 Å². The van der Waals surface area contributed by atoms with Gasteiger partial charge in [-0.3, -0.25) is 4.79 Å². The second kappa shape index (κ2) is 6.34. The molecular weight excluding hydrogens is 286 g/mol. The van der Waals surface area contributed by atoms with Crippen LogP contribution in [-0.4, -0.2) is 43.6 Å². The Labute approximate surface area is 127 Å². The number of likely N-dealkylation sites (tertiary alicyclic amines) is 1. The van der Waals surface area contributed by atoms with Gasteiger partial charge in [-0.2, -0.15) is 5.10 Å². The molecule has 2 aromatic rings. The highest BCUT2D eigenvalue weighted by Crippen LogP contribution is 2.29. The first-order valence-corrected chi connectivity index (χ1v) is 8.18. The summed E-state index contributed by atoms with van der Waals surface area (Å²) in [6, 6.07) is 0. The predicted octanol–water partition coefficient (Wildman–Crippen LogP) is 1.70. The molecule has 3 heterocycles. The summed E-state index contributed by atoms with van der Waals surface area (Å²) in [6.07, 6.45) is 6.15. The van der Waals surface area contributed by atoms with E-state index in [0.717, 1.165) is 38.0 Å². The summed E-state index contributed by atoms with van der Waals surface area (Å²) in [4.78, 5) is 22.8. The van der Waals surface area contributed by atoms with E-state index in [0.29, 0.717) is 5.92 Å². The maximum absolute atomic E-state index is 12.3. The minimum absolute atomic E-state index is 0.109. The summed E-state index contributed by atoms with van der Waals surface area (Å²) in [5.41, 5.74) is 1.15. The summed E-state index contributed by atoms with van der Waals surface area (Å²) in [6.45, 7) is 3.98. The minimum Gasteiger partial charge on any atom is -0.340 e. The van der Waals surface area contributed by atoms with Crippen molar-refractivity contribution in [2.75, 3.05) is 13.1 Å². The van der Waals surface area contributed by atoms with E-state index in [9.17, 15) is 4.79 Å². The zero-order valence-electron chi connectivity index (χ0n) is 12.1. The van der Waals surface area contributed by atoms with Crippen molar-refractivity contribution in [2.45, 2.75) is 38.6 Å². The van der Waals surface area contributed by atoms with Gasteiger partial charge in [0.2, 0.25) is 5.91 Å². The van der Waals surface area contributed by atoms with E-state index in [-0.39, 0.29) is 12.5 Å². The van der Waals surface area contributed by atoms with Crippen LogP contribution >= 0.6 is 11.3 Å².